The van der Waals surface area contributed by atoms with Crippen LogP contribution in [0.5, 0.6) is 0 Å². The van der Waals surface area contributed by atoms with Crippen LogP contribution in [0.3, 0.4) is 0 Å². The van der Waals surface area contributed by atoms with Crippen LogP contribution in [-0.2, 0) is 5.75 Å². The van der Waals surface area contributed by atoms with Gasteiger partial charge in [-0.05, 0) is 42.0 Å². The molecular weight excluding hydrogens is 335 g/mol. The smallest absolute Gasteiger partial charge is 0.119 e. The molecule has 2 nitrogen and oxygen atoms in total. The van der Waals surface area contributed by atoms with Crippen molar-refractivity contribution in [1.82, 2.24) is 10.2 Å². The summed E-state index contributed by atoms with van der Waals surface area (Å²) in [7, 11) is 0. The Labute approximate surface area is 143 Å². The highest BCUT2D eigenvalue weighted by atomic mass is 35.5. The van der Waals surface area contributed by atoms with Crippen molar-refractivity contribution in [2.24, 2.45) is 0 Å². The van der Waals surface area contributed by atoms with Gasteiger partial charge in [0.1, 0.15) is 5.03 Å². The molecule has 0 N–H and O–H groups in total. The van der Waals surface area contributed by atoms with E-state index in [0.717, 1.165) is 27.1 Å². The normalized spacial score (nSPS) is 10.6. The standard InChI is InChI=1S/C17H12Cl2N2S/c18-14-6-4-13(5-7-14)16-8-9-17(21-20-16)22-11-12-2-1-3-15(19)10-12/h1-10H,11H2. The van der Waals surface area contributed by atoms with E-state index in [-0.39, 0.29) is 0 Å². The molecule has 2 aromatic carbocycles. The highest BCUT2D eigenvalue weighted by molar-refractivity contribution is 7.98. The van der Waals surface area contributed by atoms with E-state index < -0.39 is 0 Å². The molecule has 0 unspecified atom stereocenters. The molecule has 0 atom stereocenters. The first kappa shape index (κ1) is 15.3. The number of benzene rings is 2. The molecule has 1 heterocycles. The second-order valence-corrected chi connectivity index (χ2v) is 6.55. The van der Waals surface area contributed by atoms with Crippen molar-refractivity contribution in [2.45, 2.75) is 10.8 Å². The highest BCUT2D eigenvalue weighted by Crippen LogP contribution is 2.24. The molecule has 110 valence electrons. The molecule has 0 aliphatic carbocycles. The summed E-state index contributed by atoms with van der Waals surface area (Å²) in [6.45, 7) is 0. The second-order valence-electron chi connectivity index (χ2n) is 4.68. The molecule has 0 spiro atoms. The maximum Gasteiger partial charge on any atom is 0.119 e. The fourth-order valence-electron chi connectivity index (χ4n) is 1.96. The molecule has 0 saturated heterocycles. The maximum absolute atomic E-state index is 5.98. The minimum atomic E-state index is 0.713. The van der Waals surface area contributed by atoms with Crippen LogP contribution >= 0.6 is 35.0 Å². The number of aromatic nitrogens is 2. The third-order valence-corrected chi connectivity index (χ3v) is 4.53. The Kier molecular flexibility index (Phi) is 4.98. The van der Waals surface area contributed by atoms with Gasteiger partial charge >= 0.3 is 0 Å². The summed E-state index contributed by atoms with van der Waals surface area (Å²) < 4.78 is 0. The molecule has 0 amide bonds. The van der Waals surface area contributed by atoms with E-state index in [2.05, 4.69) is 10.2 Å². The zero-order valence-corrected chi connectivity index (χ0v) is 13.9. The lowest BCUT2D eigenvalue weighted by Gasteiger charge is -2.03. The summed E-state index contributed by atoms with van der Waals surface area (Å²) in [6.07, 6.45) is 0. The molecule has 0 radical (unpaired) electrons. The summed E-state index contributed by atoms with van der Waals surface area (Å²) in [5, 5.41) is 10.9. The number of rotatable bonds is 4. The van der Waals surface area contributed by atoms with Gasteiger partial charge in [-0.1, -0.05) is 59.2 Å². The number of hydrogen-bond donors (Lipinski definition) is 0. The summed E-state index contributed by atoms with van der Waals surface area (Å²) in [4.78, 5) is 0. The zero-order valence-electron chi connectivity index (χ0n) is 11.5. The number of nitrogens with zero attached hydrogens (tertiary/aromatic N) is 2. The van der Waals surface area contributed by atoms with Gasteiger partial charge in [0.2, 0.25) is 0 Å². The van der Waals surface area contributed by atoms with Crippen molar-refractivity contribution in [3.8, 4) is 11.3 Å². The zero-order chi connectivity index (χ0) is 15.4. The predicted molar refractivity (Wildman–Crippen MR) is 93.5 cm³/mol. The Bertz CT molecular complexity index is 758. The van der Waals surface area contributed by atoms with Crippen molar-refractivity contribution in [3.05, 3.63) is 76.3 Å². The second kappa shape index (κ2) is 7.14. The Morgan fingerprint density at radius 3 is 2.32 bits per heavy atom. The first-order valence-electron chi connectivity index (χ1n) is 6.67. The Balaban J connectivity index is 1.68. The van der Waals surface area contributed by atoms with E-state index in [1.165, 1.54) is 5.56 Å². The monoisotopic (exact) mass is 346 g/mol. The van der Waals surface area contributed by atoms with E-state index in [1.807, 2.05) is 60.7 Å². The first-order chi connectivity index (χ1) is 10.7. The van der Waals surface area contributed by atoms with Crippen LogP contribution < -0.4 is 0 Å². The van der Waals surface area contributed by atoms with Crippen LogP contribution in [0.15, 0.2) is 65.7 Å². The molecule has 0 saturated carbocycles. The number of halogens is 2. The fraction of sp³-hybridized carbons (Fsp3) is 0.0588. The van der Waals surface area contributed by atoms with Gasteiger partial charge in [-0.25, -0.2) is 0 Å². The van der Waals surface area contributed by atoms with Gasteiger partial charge < -0.3 is 0 Å². The van der Waals surface area contributed by atoms with Crippen molar-refractivity contribution >= 4 is 35.0 Å². The maximum atomic E-state index is 5.98. The largest absolute Gasteiger partial charge is 0.149 e. The van der Waals surface area contributed by atoms with Crippen LogP contribution in [0.1, 0.15) is 5.56 Å². The van der Waals surface area contributed by atoms with E-state index in [4.69, 9.17) is 23.2 Å². The number of hydrogen-bond acceptors (Lipinski definition) is 3. The average molecular weight is 347 g/mol. The van der Waals surface area contributed by atoms with Gasteiger partial charge in [0, 0.05) is 21.4 Å². The molecular formula is C17H12Cl2N2S. The summed E-state index contributed by atoms with van der Waals surface area (Å²) in [5.41, 5.74) is 3.01. The van der Waals surface area contributed by atoms with E-state index in [0.29, 0.717) is 5.02 Å². The van der Waals surface area contributed by atoms with Gasteiger partial charge in [-0.2, -0.15) is 0 Å². The van der Waals surface area contributed by atoms with Crippen LogP contribution in [0.2, 0.25) is 10.0 Å². The molecule has 0 fully saturated rings. The third-order valence-electron chi connectivity index (χ3n) is 3.06. The van der Waals surface area contributed by atoms with Gasteiger partial charge in [0.25, 0.3) is 0 Å². The molecule has 0 bridgehead atoms. The Morgan fingerprint density at radius 2 is 1.64 bits per heavy atom. The van der Waals surface area contributed by atoms with Gasteiger partial charge in [0.05, 0.1) is 5.69 Å². The lowest BCUT2D eigenvalue weighted by molar-refractivity contribution is 0.935. The minimum absolute atomic E-state index is 0.713. The Hall–Kier alpha value is -1.55. The molecule has 3 rings (SSSR count). The van der Waals surface area contributed by atoms with Crippen molar-refractivity contribution in [2.75, 3.05) is 0 Å². The molecule has 1 aromatic heterocycles. The SMILES string of the molecule is Clc1ccc(-c2ccc(SCc3cccc(Cl)c3)nn2)cc1. The Morgan fingerprint density at radius 1 is 0.818 bits per heavy atom. The van der Waals surface area contributed by atoms with Gasteiger partial charge in [-0.15, -0.1) is 10.2 Å². The van der Waals surface area contributed by atoms with E-state index in [9.17, 15) is 0 Å². The van der Waals surface area contributed by atoms with Crippen molar-refractivity contribution in [1.29, 1.82) is 0 Å². The van der Waals surface area contributed by atoms with Crippen molar-refractivity contribution in [3.63, 3.8) is 0 Å². The topological polar surface area (TPSA) is 25.8 Å². The summed E-state index contributed by atoms with van der Waals surface area (Å²) in [6, 6.07) is 19.3. The number of thioether (sulfide) groups is 1. The molecule has 5 heteroatoms. The minimum Gasteiger partial charge on any atom is -0.149 e. The predicted octanol–water partition coefficient (Wildman–Crippen LogP) is 5.74. The van der Waals surface area contributed by atoms with Gasteiger partial charge in [0.15, 0.2) is 0 Å². The van der Waals surface area contributed by atoms with E-state index >= 15 is 0 Å². The lowest BCUT2D eigenvalue weighted by Crippen LogP contribution is -1.90. The average Bonchev–Trinajstić information content (AvgIpc) is 2.54. The van der Waals surface area contributed by atoms with E-state index in [1.54, 1.807) is 11.8 Å². The highest BCUT2D eigenvalue weighted by Gasteiger charge is 2.03. The molecule has 0 aliphatic rings. The van der Waals surface area contributed by atoms with Crippen molar-refractivity contribution < 1.29 is 0 Å². The molecule has 0 aliphatic heterocycles. The lowest BCUT2D eigenvalue weighted by atomic mass is 10.1. The fourth-order valence-corrected chi connectivity index (χ4v) is 3.05. The van der Waals surface area contributed by atoms with Crippen LogP contribution in [0, 0.1) is 0 Å². The first-order valence-corrected chi connectivity index (χ1v) is 8.42. The third kappa shape index (κ3) is 4.01. The summed E-state index contributed by atoms with van der Waals surface area (Å²) >= 11 is 13.5. The molecule has 22 heavy (non-hydrogen) atoms. The molecule has 3 aromatic rings. The van der Waals surface area contributed by atoms with Crippen LogP contribution in [0.25, 0.3) is 11.3 Å². The van der Waals surface area contributed by atoms with Crippen LogP contribution in [0.4, 0.5) is 0 Å². The van der Waals surface area contributed by atoms with Gasteiger partial charge in [-0.3, -0.25) is 0 Å². The summed E-state index contributed by atoms with van der Waals surface area (Å²) in [5.74, 6) is 0.815. The quantitative estimate of drug-likeness (QED) is 0.563. The van der Waals surface area contributed by atoms with Crippen LogP contribution in [-0.4, -0.2) is 10.2 Å².